The van der Waals surface area contributed by atoms with E-state index in [9.17, 15) is 0 Å². The zero-order valence-corrected chi connectivity index (χ0v) is 71.6. The van der Waals surface area contributed by atoms with Crippen LogP contribution in [0.3, 0.4) is 0 Å². The third kappa shape index (κ3) is 34.0. The second-order valence-electron chi connectivity index (χ2n) is 45.4. The molecule has 0 heterocycles. The normalized spacial score (nSPS) is 34.0. The first-order chi connectivity index (χ1) is 42.2. The van der Waals surface area contributed by atoms with Crippen molar-refractivity contribution in [3.8, 4) is 0 Å². The Labute approximate surface area is 592 Å². The van der Waals surface area contributed by atoms with Gasteiger partial charge >= 0.3 is 0 Å². The monoisotopic (exact) mass is 1300 g/mol. The molecule has 0 saturated heterocycles. The molecule has 0 amide bonds. The Bertz CT molecular complexity index is 1870. The number of fused-ring (bicyclic) bond motifs is 2. The molecule has 0 aliphatic heterocycles. The smallest absolute Gasteiger partial charge is 0.0297 e. The summed E-state index contributed by atoms with van der Waals surface area (Å²) in [6.45, 7) is 81.3. The van der Waals surface area contributed by atoms with Gasteiger partial charge in [-0.1, -0.05) is 332 Å². The average molecular weight is 1300 g/mol. The lowest BCUT2D eigenvalue weighted by Crippen LogP contribution is -2.38. The maximum Gasteiger partial charge on any atom is -0.0297 e. The largest absolute Gasteiger partial charge is 0.0654 e. The van der Waals surface area contributed by atoms with Gasteiger partial charge in [0.2, 0.25) is 0 Å². The van der Waals surface area contributed by atoms with E-state index in [1.807, 2.05) is 0 Å². The Balaban J connectivity index is 0.000000353. The van der Waals surface area contributed by atoms with Gasteiger partial charge in [0.05, 0.1) is 0 Å². The molecule has 0 aromatic rings. The van der Waals surface area contributed by atoms with E-state index in [0.29, 0.717) is 54.1 Å². The molecule has 11 fully saturated rings. The van der Waals surface area contributed by atoms with Crippen LogP contribution in [0, 0.1) is 142 Å². The van der Waals surface area contributed by atoms with Crippen LogP contribution in [0.4, 0.5) is 0 Å². The van der Waals surface area contributed by atoms with Crippen molar-refractivity contribution in [1.82, 2.24) is 0 Å². The van der Waals surface area contributed by atoms with Crippen LogP contribution in [-0.4, -0.2) is 0 Å². The molecule has 0 aromatic carbocycles. The third-order valence-electron chi connectivity index (χ3n) is 28.8. The van der Waals surface area contributed by atoms with E-state index in [4.69, 9.17) is 0 Å². The molecule has 0 aromatic heterocycles. The minimum absolute atomic E-state index is 0.547. The lowest BCUT2D eigenvalue weighted by molar-refractivity contribution is 0.0202. The van der Waals surface area contributed by atoms with Crippen LogP contribution in [0.1, 0.15) is 454 Å². The van der Waals surface area contributed by atoms with Crippen LogP contribution in [0.5, 0.6) is 0 Å². The fourth-order valence-electron chi connectivity index (χ4n) is 21.8. The fourth-order valence-corrected chi connectivity index (χ4v) is 21.8. The topological polar surface area (TPSA) is 0 Å². The molecule has 0 radical (unpaired) electrons. The summed E-state index contributed by atoms with van der Waals surface area (Å²) in [4.78, 5) is 0. The highest BCUT2D eigenvalue weighted by atomic mass is 14.5. The highest BCUT2D eigenvalue weighted by molar-refractivity contribution is 4.97. The Hall–Kier alpha value is 0. The van der Waals surface area contributed by atoms with Gasteiger partial charge in [0, 0.05) is 0 Å². The molecule has 0 nitrogen and oxygen atoms in total. The summed E-state index contributed by atoms with van der Waals surface area (Å²) in [5.74, 6) is 14.0. The second kappa shape index (κ2) is 37.8. The predicted octanol–water partition coefficient (Wildman–Crippen LogP) is 32.4. The number of rotatable bonds is 3. The van der Waals surface area contributed by atoms with Crippen molar-refractivity contribution in [2.45, 2.75) is 454 Å². The van der Waals surface area contributed by atoms with E-state index in [1.165, 1.54) is 218 Å². The highest BCUT2D eigenvalue weighted by Gasteiger charge is 2.47. The van der Waals surface area contributed by atoms with Gasteiger partial charge in [-0.3, -0.25) is 0 Å². The van der Waals surface area contributed by atoms with Crippen LogP contribution in [0.15, 0.2) is 0 Å². The summed E-state index contributed by atoms with van der Waals surface area (Å²) in [5, 5.41) is 0. The number of hydrogen-bond acceptors (Lipinski definition) is 0. The zero-order chi connectivity index (χ0) is 71.6. The van der Waals surface area contributed by atoms with Crippen LogP contribution in [0.2, 0.25) is 0 Å². The number of hydrogen-bond donors (Lipinski definition) is 0. The summed E-state index contributed by atoms with van der Waals surface area (Å²) in [6, 6.07) is 0. The summed E-state index contributed by atoms with van der Waals surface area (Å²) in [6.07, 6.45) is 49.5. The molecule has 93 heavy (non-hydrogen) atoms. The molecule has 556 valence electrons. The molecule has 0 spiro atoms. The molecule has 0 N–H and O–H groups in total. The Morgan fingerprint density at radius 2 is 0.796 bits per heavy atom. The molecular formula is C93H184. The van der Waals surface area contributed by atoms with Crippen molar-refractivity contribution in [1.29, 1.82) is 0 Å². The van der Waals surface area contributed by atoms with E-state index in [2.05, 4.69) is 235 Å². The van der Waals surface area contributed by atoms with E-state index in [0.717, 1.165) is 88.3 Å². The first-order valence-corrected chi connectivity index (χ1v) is 42.2. The van der Waals surface area contributed by atoms with Gasteiger partial charge in [-0.15, -0.1) is 0 Å². The molecule has 2 bridgehead atoms. The van der Waals surface area contributed by atoms with Crippen LogP contribution < -0.4 is 0 Å². The van der Waals surface area contributed by atoms with Crippen LogP contribution >= 0.6 is 0 Å². The predicted molar refractivity (Wildman–Crippen MR) is 426 cm³/mol. The first kappa shape index (κ1) is 89.1. The maximum absolute atomic E-state index is 2.48. The lowest BCUT2D eigenvalue weighted by atomic mass is 9.56. The van der Waals surface area contributed by atoms with E-state index in [1.54, 1.807) is 0 Å². The van der Waals surface area contributed by atoms with Crippen LogP contribution in [-0.2, 0) is 0 Å². The Morgan fingerprint density at radius 3 is 1.02 bits per heavy atom. The van der Waals surface area contributed by atoms with E-state index < -0.39 is 0 Å². The third-order valence-corrected chi connectivity index (χ3v) is 28.8. The SMILES string of the molecule is CC(C)(C)C1CCC1.CC1(C)CC(C)(C)CC(C)(C)C1.CC1C(C)(C)CCCC1(C)C.CC1CC(C(C)C)C1.CC1CC(C)(C)CC(C)(C)C1.CC1CCC(C)(C)CC1.CC1CCCC(C)C1C.CCCC1CCC1.C[C@@H]1CCCCC1(C)C.C[C@H]1CC2CCC1(C)C2. The standard InChI is InChI=1S/C12H24.2C11H22.C9H16.3C9H18.2C8H16.C7H14/c1-10(2)7-11(3,4)9-12(5,6)8-10;1-9-6-10(2,3)8-11(4,5)7-9;1-9-10(2,3)7-6-8-11(9,4)5;1-7-5-8-3-4-9(7,2)6-8;1-8-4-6-9(2,3)7-5-8;1-8-6-4-5-7-9(8,2)3;1-7-5-4-6-8(2)9(7)3;1-6(2)8-4-7(3)5-8;1-8(2,3)7-5-4-6-7;1-2-4-7-5-3-6-7/h7-9H2,1-6H3;2*9H,6-8H2,1-5H3;7-8H,3-6H2,1-2H3;2*8H,4-7H2,1-3H3;7-9H,4-6H2,1-3H3;6-8H,4-5H2,1-3H3;7H,4-6H2,1-3H3;7H,2-6H2,1H3/t;;;7-,8?,9?;;8-;;;;/m...0.1..../s1. The Kier molecular flexibility index (Phi) is 36.2. The lowest BCUT2D eigenvalue weighted by Gasteiger charge is -2.49. The quantitative estimate of drug-likeness (QED) is 0.264. The highest BCUT2D eigenvalue weighted by Crippen LogP contribution is 2.58. The molecule has 6 atom stereocenters. The first-order valence-electron chi connectivity index (χ1n) is 42.2. The van der Waals surface area contributed by atoms with E-state index >= 15 is 0 Å². The van der Waals surface area contributed by atoms with E-state index in [-0.39, 0.29) is 0 Å². The molecule has 11 aliphatic carbocycles. The summed E-state index contributed by atoms with van der Waals surface area (Å²) in [5.41, 5.74) is 6.61. The van der Waals surface area contributed by atoms with Crippen molar-refractivity contribution in [2.24, 2.45) is 142 Å². The van der Waals surface area contributed by atoms with Crippen molar-refractivity contribution < 1.29 is 0 Å². The van der Waals surface area contributed by atoms with Gasteiger partial charge < -0.3 is 0 Å². The summed E-state index contributed by atoms with van der Waals surface area (Å²) >= 11 is 0. The second-order valence-corrected chi connectivity index (χ2v) is 45.4. The van der Waals surface area contributed by atoms with Crippen molar-refractivity contribution in [3.05, 3.63) is 0 Å². The summed E-state index contributed by atoms with van der Waals surface area (Å²) < 4.78 is 0. The fraction of sp³-hybridized carbons (Fsp3) is 1.00. The molecular weight excluding hydrogens is 1120 g/mol. The molecule has 0 heteroatoms. The van der Waals surface area contributed by atoms with Crippen LogP contribution in [0.25, 0.3) is 0 Å². The van der Waals surface area contributed by atoms with Gasteiger partial charge in [0.25, 0.3) is 0 Å². The van der Waals surface area contributed by atoms with Gasteiger partial charge in [-0.05, 0) is 264 Å². The zero-order valence-electron chi connectivity index (χ0n) is 71.6. The maximum atomic E-state index is 2.48. The minimum Gasteiger partial charge on any atom is -0.0654 e. The minimum atomic E-state index is 0.547. The van der Waals surface area contributed by atoms with Crippen molar-refractivity contribution in [3.63, 3.8) is 0 Å². The van der Waals surface area contributed by atoms with Gasteiger partial charge in [-0.25, -0.2) is 0 Å². The molecule has 11 aliphatic rings. The summed E-state index contributed by atoms with van der Waals surface area (Å²) in [7, 11) is 0. The Morgan fingerprint density at radius 1 is 0.366 bits per heavy atom. The van der Waals surface area contributed by atoms with Gasteiger partial charge in [0.1, 0.15) is 0 Å². The van der Waals surface area contributed by atoms with Crippen molar-refractivity contribution >= 4 is 0 Å². The van der Waals surface area contributed by atoms with Gasteiger partial charge in [-0.2, -0.15) is 0 Å². The molecule has 4 unspecified atom stereocenters. The van der Waals surface area contributed by atoms with Crippen molar-refractivity contribution in [2.75, 3.05) is 0 Å². The average Bonchev–Trinajstić information content (AvgIpc) is 1.78. The van der Waals surface area contributed by atoms with Gasteiger partial charge in [0.15, 0.2) is 0 Å². The molecule has 11 rings (SSSR count). The molecule has 11 saturated carbocycles.